The molecule has 4 heterocycles. The van der Waals surface area contributed by atoms with E-state index in [0.29, 0.717) is 13.1 Å². The third-order valence-corrected chi connectivity index (χ3v) is 5.20. The van der Waals surface area contributed by atoms with Crippen LogP contribution in [0.15, 0.2) is 18.5 Å². The van der Waals surface area contributed by atoms with E-state index in [1.807, 2.05) is 12.3 Å². The number of β-amino-alcohol motifs (C(OH)–C–C–N with tert-alkyl or cyclic N) is 1. The van der Waals surface area contributed by atoms with Gasteiger partial charge in [0.1, 0.15) is 11.6 Å². The Kier molecular flexibility index (Phi) is 4.62. The lowest BCUT2D eigenvalue weighted by molar-refractivity contribution is 0.0866. The summed E-state index contributed by atoms with van der Waals surface area (Å²) >= 11 is 0. The molecule has 0 aromatic carbocycles. The standard InChI is InChI=1S/C17H26N6O/c24-14(13-22-10-5-8-18-22)12-21-9-4-6-15(21)17-20-19-16-7-2-1-3-11-23(16)17/h5,8,10,14-15,24H,1-4,6-7,9,11-13H2. The fourth-order valence-electron chi connectivity index (χ4n) is 4.04. The molecule has 0 aliphatic carbocycles. The fourth-order valence-corrected chi connectivity index (χ4v) is 4.04. The van der Waals surface area contributed by atoms with Crippen molar-refractivity contribution in [2.24, 2.45) is 0 Å². The SMILES string of the molecule is OC(CN1CCCC1c1nnc2n1CCCCC2)Cn1cccn1. The molecule has 7 heteroatoms. The highest BCUT2D eigenvalue weighted by Gasteiger charge is 2.32. The van der Waals surface area contributed by atoms with Gasteiger partial charge in [0, 0.05) is 31.9 Å². The van der Waals surface area contributed by atoms with E-state index in [-0.39, 0.29) is 6.04 Å². The Hall–Kier alpha value is -1.73. The maximum absolute atomic E-state index is 10.4. The number of fused-ring (bicyclic) bond motifs is 1. The molecule has 0 amide bonds. The molecule has 2 unspecified atom stereocenters. The fraction of sp³-hybridized carbons (Fsp3) is 0.706. The molecule has 1 N–H and O–H groups in total. The van der Waals surface area contributed by atoms with Gasteiger partial charge in [-0.1, -0.05) is 6.42 Å². The number of hydrogen-bond donors (Lipinski definition) is 1. The van der Waals surface area contributed by atoms with Crippen LogP contribution >= 0.6 is 0 Å². The van der Waals surface area contributed by atoms with Crippen LogP contribution < -0.4 is 0 Å². The molecule has 2 aromatic rings. The summed E-state index contributed by atoms with van der Waals surface area (Å²) < 4.78 is 4.13. The zero-order chi connectivity index (χ0) is 16.4. The molecule has 2 aliphatic rings. The van der Waals surface area contributed by atoms with Crippen molar-refractivity contribution in [1.82, 2.24) is 29.4 Å². The predicted molar refractivity (Wildman–Crippen MR) is 89.4 cm³/mol. The van der Waals surface area contributed by atoms with E-state index >= 15 is 0 Å². The summed E-state index contributed by atoms with van der Waals surface area (Å²) in [5.41, 5.74) is 0. The maximum Gasteiger partial charge on any atom is 0.150 e. The number of hydrogen-bond acceptors (Lipinski definition) is 5. The molecule has 24 heavy (non-hydrogen) atoms. The number of aliphatic hydroxyl groups is 1. The largest absolute Gasteiger partial charge is 0.390 e. The van der Waals surface area contributed by atoms with Crippen LogP contribution in [0.1, 0.15) is 49.8 Å². The van der Waals surface area contributed by atoms with E-state index in [9.17, 15) is 5.11 Å². The number of aryl methyl sites for hydroxylation is 1. The average Bonchev–Trinajstić information content (AvgIpc) is 3.27. The summed E-state index contributed by atoms with van der Waals surface area (Å²) in [5, 5.41) is 23.6. The number of likely N-dealkylation sites (tertiary alicyclic amines) is 1. The summed E-state index contributed by atoms with van der Waals surface area (Å²) in [7, 11) is 0. The molecular weight excluding hydrogens is 304 g/mol. The first-order valence-corrected chi connectivity index (χ1v) is 9.13. The number of aromatic nitrogens is 5. The van der Waals surface area contributed by atoms with E-state index in [1.165, 1.54) is 19.3 Å². The lowest BCUT2D eigenvalue weighted by atomic mass is 10.2. The Labute approximate surface area is 142 Å². The van der Waals surface area contributed by atoms with Gasteiger partial charge in [0.15, 0.2) is 0 Å². The molecule has 0 radical (unpaired) electrons. The van der Waals surface area contributed by atoms with Gasteiger partial charge in [-0.2, -0.15) is 5.10 Å². The van der Waals surface area contributed by atoms with Crippen LogP contribution in [0.25, 0.3) is 0 Å². The molecule has 130 valence electrons. The van der Waals surface area contributed by atoms with Gasteiger partial charge in [0.25, 0.3) is 0 Å². The summed E-state index contributed by atoms with van der Waals surface area (Å²) in [4.78, 5) is 2.37. The second-order valence-corrected chi connectivity index (χ2v) is 6.97. The minimum absolute atomic E-state index is 0.289. The van der Waals surface area contributed by atoms with Gasteiger partial charge in [0.2, 0.25) is 0 Å². The third kappa shape index (κ3) is 3.23. The van der Waals surface area contributed by atoms with Gasteiger partial charge < -0.3 is 9.67 Å². The molecule has 2 aliphatic heterocycles. The summed E-state index contributed by atoms with van der Waals surface area (Å²) in [6.07, 6.45) is 10.2. The maximum atomic E-state index is 10.4. The number of aliphatic hydroxyl groups excluding tert-OH is 1. The third-order valence-electron chi connectivity index (χ3n) is 5.20. The van der Waals surface area contributed by atoms with Crippen LogP contribution in [-0.4, -0.2) is 53.7 Å². The minimum Gasteiger partial charge on any atom is -0.390 e. The molecule has 7 nitrogen and oxygen atoms in total. The van der Waals surface area contributed by atoms with E-state index in [4.69, 9.17) is 0 Å². The Balaban J connectivity index is 1.46. The normalized spacial score (nSPS) is 23.1. The van der Waals surface area contributed by atoms with Crippen LogP contribution in [0.3, 0.4) is 0 Å². The monoisotopic (exact) mass is 330 g/mol. The quantitative estimate of drug-likeness (QED) is 0.897. The van der Waals surface area contributed by atoms with Crippen LogP contribution in [-0.2, 0) is 19.5 Å². The summed E-state index contributed by atoms with van der Waals surface area (Å²) in [6.45, 7) is 3.25. The van der Waals surface area contributed by atoms with Crippen molar-refractivity contribution in [3.8, 4) is 0 Å². The highest BCUT2D eigenvalue weighted by atomic mass is 16.3. The van der Waals surface area contributed by atoms with Gasteiger partial charge in [0.05, 0.1) is 18.7 Å². The highest BCUT2D eigenvalue weighted by molar-refractivity contribution is 5.05. The Morgan fingerprint density at radius 3 is 2.96 bits per heavy atom. The predicted octanol–water partition coefficient (Wildman–Crippen LogP) is 1.40. The van der Waals surface area contributed by atoms with Gasteiger partial charge in [-0.3, -0.25) is 9.58 Å². The van der Waals surface area contributed by atoms with E-state index in [0.717, 1.165) is 44.0 Å². The second kappa shape index (κ2) is 7.03. The molecule has 1 fully saturated rings. The molecule has 2 aromatic heterocycles. The number of nitrogens with zero attached hydrogens (tertiary/aromatic N) is 6. The molecule has 1 saturated heterocycles. The zero-order valence-corrected chi connectivity index (χ0v) is 14.1. The zero-order valence-electron chi connectivity index (χ0n) is 14.1. The van der Waals surface area contributed by atoms with Gasteiger partial charge in [-0.05, 0) is 38.3 Å². The minimum atomic E-state index is -0.419. The Morgan fingerprint density at radius 1 is 1.12 bits per heavy atom. The Morgan fingerprint density at radius 2 is 2.08 bits per heavy atom. The van der Waals surface area contributed by atoms with E-state index in [2.05, 4.69) is 24.8 Å². The van der Waals surface area contributed by atoms with Crippen LogP contribution in [0.5, 0.6) is 0 Å². The van der Waals surface area contributed by atoms with Crippen LogP contribution in [0, 0.1) is 0 Å². The lowest BCUT2D eigenvalue weighted by Gasteiger charge is -2.26. The van der Waals surface area contributed by atoms with Crippen molar-refractivity contribution >= 4 is 0 Å². The van der Waals surface area contributed by atoms with Crippen molar-refractivity contribution < 1.29 is 5.11 Å². The first-order chi connectivity index (χ1) is 11.8. The molecule has 4 rings (SSSR count). The smallest absolute Gasteiger partial charge is 0.150 e. The molecule has 0 saturated carbocycles. The highest BCUT2D eigenvalue weighted by Crippen LogP contribution is 2.32. The summed E-state index contributed by atoms with van der Waals surface area (Å²) in [6, 6.07) is 2.17. The molecule has 0 spiro atoms. The van der Waals surface area contributed by atoms with Crippen molar-refractivity contribution in [3.63, 3.8) is 0 Å². The van der Waals surface area contributed by atoms with Crippen molar-refractivity contribution in [1.29, 1.82) is 0 Å². The molecule has 2 atom stereocenters. The number of rotatable bonds is 5. The van der Waals surface area contributed by atoms with Gasteiger partial charge in [-0.15, -0.1) is 10.2 Å². The van der Waals surface area contributed by atoms with Crippen LogP contribution in [0.4, 0.5) is 0 Å². The van der Waals surface area contributed by atoms with Crippen molar-refractivity contribution in [2.75, 3.05) is 13.1 Å². The van der Waals surface area contributed by atoms with E-state index in [1.54, 1.807) is 10.9 Å². The topological polar surface area (TPSA) is 72.0 Å². The first kappa shape index (κ1) is 15.8. The first-order valence-electron chi connectivity index (χ1n) is 9.13. The van der Waals surface area contributed by atoms with Gasteiger partial charge in [-0.25, -0.2) is 0 Å². The Bertz CT molecular complexity index is 652. The van der Waals surface area contributed by atoms with Crippen molar-refractivity contribution in [3.05, 3.63) is 30.1 Å². The van der Waals surface area contributed by atoms with Crippen molar-refractivity contribution in [2.45, 2.75) is 63.8 Å². The van der Waals surface area contributed by atoms with Crippen LogP contribution in [0.2, 0.25) is 0 Å². The molecule has 0 bridgehead atoms. The molecular formula is C17H26N6O. The average molecular weight is 330 g/mol. The summed E-state index contributed by atoms with van der Waals surface area (Å²) in [5.74, 6) is 2.25. The van der Waals surface area contributed by atoms with E-state index < -0.39 is 6.10 Å². The van der Waals surface area contributed by atoms with Gasteiger partial charge >= 0.3 is 0 Å². The second-order valence-electron chi connectivity index (χ2n) is 6.97. The lowest BCUT2D eigenvalue weighted by Crippen LogP contribution is -2.35.